The average Bonchev–Trinajstić information content (AvgIpc) is 3.95. The van der Waals surface area contributed by atoms with Crippen LogP contribution in [0.25, 0.3) is 34.3 Å². The highest BCUT2D eigenvalue weighted by Crippen LogP contribution is 2.25. The third-order valence-electron chi connectivity index (χ3n) is 6.94. The Morgan fingerprint density at radius 3 is 2.00 bits per heavy atom. The van der Waals surface area contributed by atoms with Gasteiger partial charge in [0, 0.05) is 23.3 Å². The highest BCUT2D eigenvalue weighted by atomic mass is 19.1. The number of aromatic nitrogens is 9. The normalized spacial score (nSPS) is 11.1. The van der Waals surface area contributed by atoms with Crippen LogP contribution in [0.15, 0.2) is 106 Å². The van der Waals surface area contributed by atoms with Crippen molar-refractivity contribution < 1.29 is 17.8 Å². The van der Waals surface area contributed by atoms with Gasteiger partial charge in [-0.2, -0.15) is 25.7 Å². The summed E-state index contributed by atoms with van der Waals surface area (Å²) in [5.41, 5.74) is 18.2. The summed E-state index contributed by atoms with van der Waals surface area (Å²) < 4.78 is 40.9. The average molecular weight is 677 g/mol. The summed E-state index contributed by atoms with van der Waals surface area (Å²) in [6.45, 7) is 0.422. The minimum atomic E-state index is -0.331. The lowest BCUT2D eigenvalue weighted by Crippen LogP contribution is -2.20. The number of nitrogens with zero attached hydrogens (tertiary/aromatic N) is 11. The highest BCUT2D eigenvalue weighted by Gasteiger charge is 2.18. The molecule has 50 heavy (non-hydrogen) atoms. The summed E-state index contributed by atoms with van der Waals surface area (Å²) in [6, 6.07) is 21.6. The van der Waals surface area contributed by atoms with Gasteiger partial charge < -0.3 is 20.5 Å². The van der Waals surface area contributed by atoms with Gasteiger partial charge in [0.1, 0.15) is 59.3 Å². The summed E-state index contributed by atoms with van der Waals surface area (Å²) in [4.78, 5) is 4.11. The molecule has 250 valence electrons. The minimum Gasteiger partial charge on any atom is -0.382 e. The fraction of sp³-hybridized carbons (Fsp3) is 0.0938. The van der Waals surface area contributed by atoms with E-state index in [1.54, 1.807) is 70.0 Å². The molecule has 0 bridgehead atoms. The van der Waals surface area contributed by atoms with Crippen LogP contribution in [0.1, 0.15) is 16.8 Å². The summed E-state index contributed by atoms with van der Waals surface area (Å²) in [6.07, 6.45) is 4.23. The molecule has 0 aliphatic rings. The molecule has 0 aliphatic heterocycles. The number of halogens is 2. The van der Waals surface area contributed by atoms with Gasteiger partial charge in [0.05, 0.1) is 36.7 Å². The quantitative estimate of drug-likeness (QED) is 0.0619. The first-order valence-corrected chi connectivity index (χ1v) is 14.7. The van der Waals surface area contributed by atoms with Crippen molar-refractivity contribution in [2.75, 3.05) is 12.3 Å². The number of nitrogens with one attached hydrogen (secondary N) is 1. The first-order valence-electron chi connectivity index (χ1n) is 14.7. The highest BCUT2D eigenvalue weighted by molar-refractivity contribution is 5.96. The van der Waals surface area contributed by atoms with Crippen molar-refractivity contribution in [3.8, 4) is 40.4 Å². The Kier molecular flexibility index (Phi) is 9.84. The van der Waals surface area contributed by atoms with Gasteiger partial charge in [0.15, 0.2) is 5.84 Å². The van der Waals surface area contributed by atoms with E-state index in [4.69, 9.17) is 25.8 Å². The van der Waals surface area contributed by atoms with Crippen molar-refractivity contribution in [1.29, 1.82) is 5.26 Å². The van der Waals surface area contributed by atoms with E-state index in [0.717, 1.165) is 0 Å². The number of nitrogen functional groups attached to an aromatic ring is 1. The topological polar surface area (TPSA) is 227 Å². The third-order valence-corrected chi connectivity index (χ3v) is 6.94. The number of nitrogens with two attached hydrogens (primary N) is 2. The number of hydrogen-bond acceptors (Lipinski definition) is 13. The lowest BCUT2D eigenvalue weighted by Gasteiger charge is -2.06. The van der Waals surface area contributed by atoms with Crippen molar-refractivity contribution in [2.24, 2.45) is 10.8 Å². The van der Waals surface area contributed by atoms with Crippen LogP contribution in [-0.2, 0) is 13.1 Å². The molecule has 0 radical (unpaired) electrons. The lowest BCUT2D eigenvalue weighted by molar-refractivity contribution is 0.421. The smallest absolute Gasteiger partial charge is 0.204 e. The molecular formula is C32H26F2N14O2. The molecule has 7 rings (SSSR count). The van der Waals surface area contributed by atoms with Crippen molar-refractivity contribution in [3.05, 3.63) is 120 Å². The third kappa shape index (κ3) is 7.63. The summed E-state index contributed by atoms with van der Waals surface area (Å²) in [5.74, 6) is -0.0311. The van der Waals surface area contributed by atoms with Crippen molar-refractivity contribution >= 4 is 11.7 Å². The first-order chi connectivity index (χ1) is 24.4. The van der Waals surface area contributed by atoms with Crippen LogP contribution in [-0.4, -0.2) is 57.4 Å². The molecule has 0 unspecified atom stereocenters. The monoisotopic (exact) mass is 676 g/mol. The summed E-state index contributed by atoms with van der Waals surface area (Å²) >= 11 is 0. The maximum atomic E-state index is 14.0. The second-order valence-electron chi connectivity index (χ2n) is 10.3. The SMILES string of the molecule is N#CCNN=C(N)c1cc(-c2ccon2)n(Cc2ccccc2F)n1.Nc1cnnc(-c2cc(-c3ccon3)n(Cc3ccccc3F)n2)n1. The van der Waals surface area contributed by atoms with Gasteiger partial charge in [-0.25, -0.2) is 13.8 Å². The molecule has 0 atom stereocenters. The Morgan fingerprint density at radius 2 is 1.44 bits per heavy atom. The van der Waals surface area contributed by atoms with Gasteiger partial charge in [-0.05, 0) is 24.3 Å². The van der Waals surface area contributed by atoms with E-state index < -0.39 is 0 Å². The molecule has 0 aliphatic carbocycles. The molecule has 5 aromatic heterocycles. The molecule has 16 nitrogen and oxygen atoms in total. The lowest BCUT2D eigenvalue weighted by atomic mass is 10.2. The largest absolute Gasteiger partial charge is 0.382 e. The Bertz CT molecular complexity index is 2260. The Balaban J connectivity index is 0.000000173. The number of nitriles is 1. The molecule has 0 amide bonds. The zero-order valence-corrected chi connectivity index (χ0v) is 25.9. The van der Waals surface area contributed by atoms with E-state index in [1.165, 1.54) is 30.9 Å². The molecule has 0 fully saturated rings. The van der Waals surface area contributed by atoms with Crippen LogP contribution in [0.2, 0.25) is 0 Å². The maximum Gasteiger partial charge on any atom is 0.204 e. The fourth-order valence-electron chi connectivity index (χ4n) is 4.63. The van der Waals surface area contributed by atoms with Crippen LogP contribution >= 0.6 is 0 Å². The zero-order valence-electron chi connectivity index (χ0n) is 25.9. The maximum absolute atomic E-state index is 14.0. The van der Waals surface area contributed by atoms with Crippen LogP contribution in [0, 0.1) is 23.0 Å². The molecule has 0 saturated carbocycles. The number of rotatable bonds is 10. The van der Waals surface area contributed by atoms with Crippen LogP contribution in [0.4, 0.5) is 14.6 Å². The Labute approximate surface area is 281 Å². The molecule has 5 N–H and O–H groups in total. The van der Waals surface area contributed by atoms with Crippen LogP contribution in [0.5, 0.6) is 0 Å². The summed E-state index contributed by atoms with van der Waals surface area (Å²) in [7, 11) is 0. The van der Waals surface area contributed by atoms with E-state index in [1.807, 2.05) is 6.07 Å². The van der Waals surface area contributed by atoms with Crippen molar-refractivity contribution in [3.63, 3.8) is 0 Å². The van der Waals surface area contributed by atoms with E-state index >= 15 is 0 Å². The predicted molar refractivity (Wildman–Crippen MR) is 174 cm³/mol. The van der Waals surface area contributed by atoms with Crippen LogP contribution < -0.4 is 16.9 Å². The van der Waals surface area contributed by atoms with Crippen molar-refractivity contribution in [1.82, 2.24) is 50.5 Å². The number of amidine groups is 1. The number of hydrazone groups is 1. The standard InChI is InChI=1S/C16H12FN7O.C16H14FN7O/c17-11-4-2-1-3-10(11)9-24-14(12-5-6-25-23-12)7-13(22-24)16-20-15(18)8-19-21-16;17-12-4-2-1-3-11(12)10-24-15(13-5-8-25-23-13)9-14(22-24)16(19)21-20-7-6-18/h1-8H,9H2,(H2,18,20,21);1-5,8-9,20H,7,10H2,(H2,19,21). The molecule has 18 heteroatoms. The van der Waals surface area contributed by atoms with E-state index in [9.17, 15) is 8.78 Å². The molecule has 0 spiro atoms. The zero-order chi connectivity index (χ0) is 34.9. The first kappa shape index (κ1) is 32.6. The summed E-state index contributed by atoms with van der Waals surface area (Å²) in [5, 5.41) is 36.8. The number of benzene rings is 2. The van der Waals surface area contributed by atoms with E-state index in [0.29, 0.717) is 45.3 Å². The van der Waals surface area contributed by atoms with Crippen LogP contribution in [0.3, 0.4) is 0 Å². The Hall–Kier alpha value is -7.29. The second kappa shape index (κ2) is 15.1. The minimum absolute atomic E-state index is 0.0206. The van der Waals surface area contributed by atoms with Gasteiger partial charge >= 0.3 is 0 Å². The van der Waals surface area contributed by atoms with Gasteiger partial charge in [-0.3, -0.25) is 14.8 Å². The van der Waals surface area contributed by atoms with Gasteiger partial charge in [0.2, 0.25) is 5.82 Å². The van der Waals surface area contributed by atoms with Gasteiger partial charge in [-0.15, -0.1) is 5.10 Å². The molecule has 5 heterocycles. The predicted octanol–water partition coefficient (Wildman–Crippen LogP) is 3.62. The van der Waals surface area contributed by atoms with E-state index in [2.05, 4.69) is 46.2 Å². The molecule has 7 aromatic rings. The fourth-order valence-corrected chi connectivity index (χ4v) is 4.63. The van der Waals surface area contributed by atoms with Gasteiger partial charge in [-0.1, -0.05) is 46.7 Å². The molecular weight excluding hydrogens is 650 g/mol. The van der Waals surface area contributed by atoms with E-state index in [-0.39, 0.29) is 48.7 Å². The molecule has 0 saturated heterocycles. The van der Waals surface area contributed by atoms with Crippen molar-refractivity contribution in [2.45, 2.75) is 13.1 Å². The number of anilines is 1. The number of hydrogen-bond donors (Lipinski definition) is 3. The molecule has 2 aromatic carbocycles. The van der Waals surface area contributed by atoms with Gasteiger partial charge in [0.25, 0.3) is 0 Å². The second-order valence-corrected chi connectivity index (χ2v) is 10.3. The Morgan fingerprint density at radius 1 is 0.840 bits per heavy atom.